The van der Waals surface area contributed by atoms with Gasteiger partial charge in [0, 0.05) is 42.7 Å². The lowest BCUT2D eigenvalue weighted by atomic mass is 9.90. The van der Waals surface area contributed by atoms with Crippen LogP contribution in [-0.4, -0.2) is 67.4 Å². The van der Waals surface area contributed by atoms with Crippen LogP contribution < -0.4 is 0 Å². The summed E-state index contributed by atoms with van der Waals surface area (Å²) >= 11 is 5.98. The van der Waals surface area contributed by atoms with Crippen molar-refractivity contribution in [2.24, 2.45) is 5.92 Å². The molecule has 0 N–H and O–H groups in total. The molecule has 3 rings (SSSR count). The van der Waals surface area contributed by atoms with Crippen molar-refractivity contribution < 1.29 is 14.3 Å². The van der Waals surface area contributed by atoms with E-state index < -0.39 is 0 Å². The number of ether oxygens (including phenoxy) is 1. The SMILES string of the molecule is O=C(c1cccc(Cl)c1)[C@H]1CCCN(C(=O)CN2CCOCC2)C1. The van der Waals surface area contributed by atoms with Gasteiger partial charge in [-0.05, 0) is 25.0 Å². The molecule has 0 saturated carbocycles. The maximum absolute atomic E-state index is 12.7. The number of hydrogen-bond acceptors (Lipinski definition) is 4. The topological polar surface area (TPSA) is 49.9 Å². The number of hydrogen-bond donors (Lipinski definition) is 0. The fourth-order valence-corrected chi connectivity index (χ4v) is 3.54. The van der Waals surface area contributed by atoms with E-state index in [1.165, 1.54) is 0 Å². The number of piperidine rings is 1. The first kappa shape index (κ1) is 17.4. The first-order chi connectivity index (χ1) is 11.6. The summed E-state index contributed by atoms with van der Waals surface area (Å²) in [5.41, 5.74) is 0.634. The molecule has 1 amide bonds. The normalized spacial score (nSPS) is 22.4. The average molecular weight is 351 g/mol. The predicted molar refractivity (Wildman–Crippen MR) is 92.3 cm³/mol. The molecular weight excluding hydrogens is 328 g/mol. The molecule has 0 spiro atoms. The van der Waals surface area contributed by atoms with Crippen LogP contribution in [0.15, 0.2) is 24.3 Å². The summed E-state index contributed by atoms with van der Waals surface area (Å²) in [6.45, 7) is 4.62. The van der Waals surface area contributed by atoms with Crippen LogP contribution in [0.25, 0.3) is 0 Å². The van der Waals surface area contributed by atoms with E-state index in [9.17, 15) is 9.59 Å². The summed E-state index contributed by atoms with van der Waals surface area (Å²) in [5.74, 6) is 0.0627. The van der Waals surface area contributed by atoms with Crippen molar-refractivity contribution in [3.63, 3.8) is 0 Å². The predicted octanol–water partition coefficient (Wildman–Crippen LogP) is 2.09. The quantitative estimate of drug-likeness (QED) is 0.780. The Hall–Kier alpha value is -1.43. The van der Waals surface area contributed by atoms with Gasteiger partial charge in [-0.15, -0.1) is 0 Å². The number of carbonyl (C=O) groups excluding carboxylic acids is 2. The summed E-state index contributed by atoms with van der Waals surface area (Å²) < 4.78 is 5.31. The van der Waals surface area contributed by atoms with Gasteiger partial charge in [0.25, 0.3) is 0 Å². The highest BCUT2D eigenvalue weighted by Gasteiger charge is 2.29. The lowest BCUT2D eigenvalue weighted by Gasteiger charge is -2.34. The van der Waals surface area contributed by atoms with E-state index in [1.807, 2.05) is 4.90 Å². The van der Waals surface area contributed by atoms with Crippen molar-refractivity contribution in [2.45, 2.75) is 12.8 Å². The zero-order valence-electron chi connectivity index (χ0n) is 13.7. The number of likely N-dealkylation sites (tertiary alicyclic amines) is 1. The number of Topliss-reactive ketones (excluding diaryl/α,β-unsaturated/α-hetero) is 1. The van der Waals surface area contributed by atoms with E-state index in [0.29, 0.717) is 36.9 Å². The second-order valence-electron chi connectivity index (χ2n) is 6.44. The van der Waals surface area contributed by atoms with E-state index in [0.717, 1.165) is 32.5 Å². The van der Waals surface area contributed by atoms with Gasteiger partial charge in [-0.25, -0.2) is 0 Å². The highest BCUT2D eigenvalue weighted by molar-refractivity contribution is 6.31. The Kier molecular flexibility index (Phi) is 5.87. The number of carbonyl (C=O) groups is 2. The van der Waals surface area contributed by atoms with Crippen molar-refractivity contribution in [3.05, 3.63) is 34.9 Å². The zero-order chi connectivity index (χ0) is 16.9. The minimum atomic E-state index is -0.133. The molecule has 1 aromatic rings. The van der Waals surface area contributed by atoms with Crippen molar-refractivity contribution in [1.29, 1.82) is 0 Å². The fourth-order valence-electron chi connectivity index (χ4n) is 3.35. The summed E-state index contributed by atoms with van der Waals surface area (Å²) in [5, 5.41) is 0.567. The molecule has 0 aliphatic carbocycles. The molecule has 24 heavy (non-hydrogen) atoms. The number of benzene rings is 1. The molecule has 0 radical (unpaired) electrons. The Morgan fingerprint density at radius 2 is 2.00 bits per heavy atom. The van der Waals surface area contributed by atoms with Gasteiger partial charge in [0.05, 0.1) is 19.8 Å². The second kappa shape index (κ2) is 8.10. The standard InChI is InChI=1S/C18H23ClN2O3/c19-16-5-1-3-14(11-16)18(23)15-4-2-6-21(12-15)17(22)13-20-7-9-24-10-8-20/h1,3,5,11,15H,2,4,6-10,12-13H2/t15-/m0/s1. The number of morpholine rings is 1. The third-order valence-corrected chi connectivity index (χ3v) is 4.95. The first-order valence-electron chi connectivity index (χ1n) is 8.51. The van der Waals surface area contributed by atoms with E-state index in [4.69, 9.17) is 16.3 Å². The van der Waals surface area contributed by atoms with Crippen molar-refractivity contribution in [3.8, 4) is 0 Å². The Balaban J connectivity index is 1.59. The van der Waals surface area contributed by atoms with E-state index >= 15 is 0 Å². The number of halogens is 1. The van der Waals surface area contributed by atoms with E-state index in [2.05, 4.69) is 4.90 Å². The molecule has 0 aromatic heterocycles. The highest BCUT2D eigenvalue weighted by Crippen LogP contribution is 2.22. The molecule has 1 aromatic carbocycles. The smallest absolute Gasteiger partial charge is 0.236 e. The van der Waals surface area contributed by atoms with Crippen molar-refractivity contribution in [1.82, 2.24) is 9.80 Å². The van der Waals surface area contributed by atoms with Crippen LogP contribution in [-0.2, 0) is 9.53 Å². The van der Waals surface area contributed by atoms with Gasteiger partial charge in [0.15, 0.2) is 5.78 Å². The lowest BCUT2D eigenvalue weighted by molar-refractivity contribution is -0.134. The number of nitrogens with zero attached hydrogens (tertiary/aromatic N) is 2. The molecule has 2 aliphatic rings. The molecule has 2 heterocycles. The number of amides is 1. The molecular formula is C18H23ClN2O3. The Morgan fingerprint density at radius 3 is 2.75 bits per heavy atom. The monoisotopic (exact) mass is 350 g/mol. The van der Waals surface area contributed by atoms with Crippen molar-refractivity contribution >= 4 is 23.3 Å². The molecule has 2 aliphatic heterocycles. The number of ketones is 1. The van der Waals surface area contributed by atoms with Crippen LogP contribution in [0.1, 0.15) is 23.2 Å². The molecule has 0 bridgehead atoms. The molecule has 2 fully saturated rings. The van der Waals surface area contributed by atoms with Gasteiger partial charge in [-0.2, -0.15) is 0 Å². The zero-order valence-corrected chi connectivity index (χ0v) is 14.5. The fraction of sp³-hybridized carbons (Fsp3) is 0.556. The Morgan fingerprint density at radius 1 is 1.21 bits per heavy atom. The highest BCUT2D eigenvalue weighted by atomic mass is 35.5. The largest absolute Gasteiger partial charge is 0.379 e. The van der Waals surface area contributed by atoms with Crippen LogP contribution >= 0.6 is 11.6 Å². The van der Waals surface area contributed by atoms with Gasteiger partial charge < -0.3 is 9.64 Å². The Bertz CT molecular complexity index is 602. The molecule has 130 valence electrons. The average Bonchev–Trinajstić information content (AvgIpc) is 2.62. The van der Waals surface area contributed by atoms with Gasteiger partial charge in [-0.3, -0.25) is 14.5 Å². The van der Waals surface area contributed by atoms with Crippen LogP contribution in [0.4, 0.5) is 0 Å². The van der Waals surface area contributed by atoms with Crippen LogP contribution in [0.5, 0.6) is 0 Å². The summed E-state index contributed by atoms with van der Waals surface area (Å²) in [4.78, 5) is 29.2. The number of rotatable bonds is 4. The molecule has 1 atom stereocenters. The first-order valence-corrected chi connectivity index (χ1v) is 8.89. The second-order valence-corrected chi connectivity index (χ2v) is 6.88. The maximum atomic E-state index is 12.7. The molecule has 6 heteroatoms. The lowest BCUT2D eigenvalue weighted by Crippen LogP contribution is -2.48. The summed E-state index contributed by atoms with van der Waals surface area (Å²) in [6, 6.07) is 7.05. The van der Waals surface area contributed by atoms with E-state index in [1.54, 1.807) is 24.3 Å². The third-order valence-electron chi connectivity index (χ3n) is 4.72. The molecule has 5 nitrogen and oxygen atoms in total. The summed E-state index contributed by atoms with van der Waals surface area (Å²) in [6.07, 6.45) is 1.69. The Labute approximate surface area is 147 Å². The summed E-state index contributed by atoms with van der Waals surface area (Å²) in [7, 11) is 0. The van der Waals surface area contributed by atoms with Gasteiger partial charge >= 0.3 is 0 Å². The molecule has 2 saturated heterocycles. The van der Waals surface area contributed by atoms with Gasteiger partial charge in [0.1, 0.15) is 0 Å². The third kappa shape index (κ3) is 4.35. The van der Waals surface area contributed by atoms with Crippen LogP contribution in [0, 0.1) is 5.92 Å². The van der Waals surface area contributed by atoms with Gasteiger partial charge in [0.2, 0.25) is 5.91 Å². The van der Waals surface area contributed by atoms with Gasteiger partial charge in [-0.1, -0.05) is 23.7 Å². The maximum Gasteiger partial charge on any atom is 0.236 e. The van der Waals surface area contributed by atoms with Crippen LogP contribution in [0.2, 0.25) is 5.02 Å². The minimum Gasteiger partial charge on any atom is -0.379 e. The minimum absolute atomic E-state index is 0.0846. The van der Waals surface area contributed by atoms with E-state index in [-0.39, 0.29) is 17.6 Å². The van der Waals surface area contributed by atoms with Crippen LogP contribution in [0.3, 0.4) is 0 Å². The van der Waals surface area contributed by atoms with Crippen molar-refractivity contribution in [2.75, 3.05) is 45.9 Å². The molecule has 0 unspecified atom stereocenters.